The van der Waals surface area contributed by atoms with Crippen LogP contribution in [-0.4, -0.2) is 79.2 Å². The van der Waals surface area contributed by atoms with Gasteiger partial charge in [-0.3, -0.25) is 4.79 Å². The van der Waals surface area contributed by atoms with Gasteiger partial charge in [0.05, 0.1) is 6.10 Å². The van der Waals surface area contributed by atoms with Crippen molar-refractivity contribution in [1.82, 2.24) is 14.8 Å². The molecule has 1 atom stereocenters. The number of carbonyl (C=O) groups is 1. The largest absolute Gasteiger partial charge is 0.423 e. The molecular weight excluding hydrogens is 392 g/mol. The second-order valence-electron chi connectivity index (χ2n) is 9.28. The van der Waals surface area contributed by atoms with E-state index in [0.717, 1.165) is 94.9 Å². The van der Waals surface area contributed by atoms with E-state index >= 15 is 0 Å². The molecule has 5 rings (SSSR count). The predicted molar refractivity (Wildman–Crippen MR) is 120 cm³/mol. The third-order valence-corrected chi connectivity index (χ3v) is 7.44. The molecule has 168 valence electrons. The fourth-order valence-electron chi connectivity index (χ4n) is 5.52. The average Bonchev–Trinajstić information content (AvgIpc) is 3.28. The second kappa shape index (κ2) is 9.17. The quantitative estimate of drug-likeness (QED) is 0.749. The Morgan fingerprint density at radius 3 is 2.55 bits per heavy atom. The number of nitrogens with zero attached hydrogens (tertiary/aromatic N) is 4. The normalized spacial score (nSPS) is 24.7. The van der Waals surface area contributed by atoms with Crippen molar-refractivity contribution in [2.75, 3.05) is 51.3 Å². The van der Waals surface area contributed by atoms with Crippen molar-refractivity contribution in [2.24, 2.45) is 5.92 Å². The first kappa shape index (κ1) is 20.8. The van der Waals surface area contributed by atoms with E-state index in [9.17, 15) is 4.79 Å². The van der Waals surface area contributed by atoms with Crippen LogP contribution in [-0.2, 0) is 9.53 Å². The van der Waals surface area contributed by atoms with Crippen LogP contribution in [0.4, 0.5) is 6.01 Å². The van der Waals surface area contributed by atoms with Crippen molar-refractivity contribution in [3.05, 3.63) is 24.3 Å². The number of anilines is 1. The number of rotatable bonds is 4. The van der Waals surface area contributed by atoms with Gasteiger partial charge in [-0.2, -0.15) is 4.98 Å². The Morgan fingerprint density at radius 1 is 1.03 bits per heavy atom. The Kier molecular flexibility index (Phi) is 6.14. The maximum Gasteiger partial charge on any atom is 0.298 e. The zero-order valence-corrected chi connectivity index (χ0v) is 18.5. The number of aromatic nitrogens is 1. The minimum absolute atomic E-state index is 0.187. The first-order valence-electron chi connectivity index (χ1n) is 11.9. The smallest absolute Gasteiger partial charge is 0.298 e. The summed E-state index contributed by atoms with van der Waals surface area (Å²) in [6.07, 6.45) is 6.56. The molecule has 0 unspecified atom stereocenters. The predicted octanol–water partition coefficient (Wildman–Crippen LogP) is 3.15. The first-order valence-corrected chi connectivity index (χ1v) is 11.9. The molecule has 0 aliphatic carbocycles. The van der Waals surface area contributed by atoms with Crippen LogP contribution >= 0.6 is 0 Å². The molecule has 0 spiro atoms. The summed E-state index contributed by atoms with van der Waals surface area (Å²) in [5.41, 5.74) is 1.79. The Balaban J connectivity index is 1.10. The molecule has 31 heavy (non-hydrogen) atoms. The summed E-state index contributed by atoms with van der Waals surface area (Å²) in [7, 11) is 1.76. The first-order chi connectivity index (χ1) is 15.2. The molecule has 7 heteroatoms. The average molecular weight is 427 g/mol. The van der Waals surface area contributed by atoms with E-state index in [2.05, 4.69) is 19.7 Å². The zero-order valence-electron chi connectivity index (χ0n) is 18.5. The van der Waals surface area contributed by atoms with E-state index in [0.29, 0.717) is 11.9 Å². The Labute approximate surface area is 184 Å². The summed E-state index contributed by atoms with van der Waals surface area (Å²) < 4.78 is 11.4. The van der Waals surface area contributed by atoms with Gasteiger partial charge in [0.1, 0.15) is 5.52 Å². The van der Waals surface area contributed by atoms with Gasteiger partial charge in [0.2, 0.25) is 5.91 Å². The maximum absolute atomic E-state index is 13.0. The summed E-state index contributed by atoms with van der Waals surface area (Å²) in [5, 5.41) is 0. The van der Waals surface area contributed by atoms with Crippen LogP contribution in [0.15, 0.2) is 28.7 Å². The highest BCUT2D eigenvalue weighted by atomic mass is 16.5. The molecule has 0 radical (unpaired) electrons. The van der Waals surface area contributed by atoms with Gasteiger partial charge in [0.15, 0.2) is 5.58 Å². The summed E-state index contributed by atoms with van der Waals surface area (Å²) in [4.78, 5) is 24.6. The molecule has 0 saturated carbocycles. The number of amides is 1. The lowest BCUT2D eigenvalue weighted by Gasteiger charge is -2.42. The number of carbonyl (C=O) groups excluding carboxylic acids is 1. The standard InChI is InChI=1S/C24H34N4O3/c1-30-20-5-4-12-28(17-20)23(29)18-8-13-26(14-9-18)19-10-15-27(16-11-19)24-25-21-6-2-3-7-22(21)31-24/h2-3,6-7,18-20H,4-5,8-17H2,1H3/t20-/m1/s1. The highest BCUT2D eigenvalue weighted by Crippen LogP contribution is 2.29. The van der Waals surface area contributed by atoms with Crippen molar-refractivity contribution in [3.8, 4) is 0 Å². The van der Waals surface area contributed by atoms with Gasteiger partial charge >= 0.3 is 0 Å². The van der Waals surface area contributed by atoms with Crippen LogP contribution in [0.2, 0.25) is 0 Å². The molecule has 7 nitrogen and oxygen atoms in total. The number of methoxy groups -OCH3 is 1. The number of likely N-dealkylation sites (tertiary alicyclic amines) is 2. The molecule has 3 aliphatic rings. The molecule has 2 aromatic rings. The number of fused-ring (bicyclic) bond motifs is 1. The summed E-state index contributed by atoms with van der Waals surface area (Å²) in [6.45, 7) is 5.68. The number of benzene rings is 1. The van der Waals surface area contributed by atoms with E-state index in [1.807, 2.05) is 24.3 Å². The van der Waals surface area contributed by atoms with E-state index in [4.69, 9.17) is 9.15 Å². The highest BCUT2D eigenvalue weighted by molar-refractivity contribution is 5.79. The van der Waals surface area contributed by atoms with Crippen LogP contribution < -0.4 is 4.90 Å². The number of piperidine rings is 3. The van der Waals surface area contributed by atoms with Crippen molar-refractivity contribution in [1.29, 1.82) is 0 Å². The molecule has 4 heterocycles. The molecule has 3 saturated heterocycles. The van der Waals surface area contributed by atoms with Gasteiger partial charge in [-0.1, -0.05) is 12.1 Å². The minimum Gasteiger partial charge on any atom is -0.423 e. The summed E-state index contributed by atoms with van der Waals surface area (Å²) in [6, 6.07) is 9.31. The van der Waals surface area contributed by atoms with E-state index in [1.165, 1.54) is 0 Å². The molecule has 0 bridgehead atoms. The maximum atomic E-state index is 13.0. The fraction of sp³-hybridized carbons (Fsp3) is 0.667. The SMILES string of the molecule is CO[C@@H]1CCCN(C(=O)C2CCN(C3CCN(c4nc5ccccc5o4)CC3)CC2)C1. The van der Waals surface area contributed by atoms with Crippen LogP contribution in [0.5, 0.6) is 0 Å². The Morgan fingerprint density at radius 2 is 1.81 bits per heavy atom. The van der Waals surface area contributed by atoms with Gasteiger partial charge in [-0.25, -0.2) is 0 Å². The van der Waals surface area contributed by atoms with E-state index in [1.54, 1.807) is 7.11 Å². The minimum atomic E-state index is 0.187. The number of para-hydroxylation sites is 2. The second-order valence-corrected chi connectivity index (χ2v) is 9.28. The van der Waals surface area contributed by atoms with Crippen LogP contribution in [0.25, 0.3) is 11.1 Å². The molecule has 1 aromatic heterocycles. The van der Waals surface area contributed by atoms with Crippen molar-refractivity contribution < 1.29 is 13.9 Å². The molecular formula is C24H34N4O3. The third-order valence-electron chi connectivity index (χ3n) is 7.44. The van der Waals surface area contributed by atoms with Crippen LogP contribution in [0.1, 0.15) is 38.5 Å². The number of ether oxygens (including phenoxy) is 1. The molecule has 1 aromatic carbocycles. The highest BCUT2D eigenvalue weighted by Gasteiger charge is 2.34. The van der Waals surface area contributed by atoms with Crippen LogP contribution in [0.3, 0.4) is 0 Å². The van der Waals surface area contributed by atoms with Gasteiger partial charge in [0.25, 0.3) is 6.01 Å². The topological polar surface area (TPSA) is 62.1 Å². The summed E-state index contributed by atoms with van der Waals surface area (Å²) in [5.74, 6) is 0.541. The molecule has 0 N–H and O–H groups in total. The van der Waals surface area contributed by atoms with E-state index < -0.39 is 0 Å². The van der Waals surface area contributed by atoms with Gasteiger partial charge in [0, 0.05) is 45.2 Å². The molecule has 3 aliphatic heterocycles. The number of oxazole rings is 1. The lowest BCUT2D eigenvalue weighted by Crippen LogP contribution is -2.51. The van der Waals surface area contributed by atoms with Crippen molar-refractivity contribution >= 4 is 23.0 Å². The van der Waals surface area contributed by atoms with Gasteiger partial charge < -0.3 is 23.9 Å². The van der Waals surface area contributed by atoms with E-state index in [-0.39, 0.29) is 12.0 Å². The van der Waals surface area contributed by atoms with Crippen LogP contribution in [0, 0.1) is 5.92 Å². The zero-order chi connectivity index (χ0) is 21.2. The lowest BCUT2D eigenvalue weighted by atomic mass is 9.91. The molecule has 3 fully saturated rings. The number of hydrogen-bond acceptors (Lipinski definition) is 6. The van der Waals surface area contributed by atoms with Gasteiger partial charge in [-0.05, 0) is 63.7 Å². The fourth-order valence-corrected chi connectivity index (χ4v) is 5.52. The third kappa shape index (κ3) is 4.44. The lowest BCUT2D eigenvalue weighted by molar-refractivity contribution is -0.140. The Hall–Kier alpha value is -2.12. The van der Waals surface area contributed by atoms with Crippen molar-refractivity contribution in [2.45, 2.75) is 50.7 Å². The summed E-state index contributed by atoms with van der Waals surface area (Å²) >= 11 is 0. The monoisotopic (exact) mass is 426 g/mol. The van der Waals surface area contributed by atoms with Crippen molar-refractivity contribution in [3.63, 3.8) is 0 Å². The Bertz CT molecular complexity index is 851. The number of hydrogen-bond donors (Lipinski definition) is 0. The molecule has 1 amide bonds. The van der Waals surface area contributed by atoms with Gasteiger partial charge in [-0.15, -0.1) is 0 Å².